The third kappa shape index (κ3) is 7.54. The zero-order valence-corrected chi connectivity index (χ0v) is 8.80. The molecule has 0 heterocycles. The van der Waals surface area contributed by atoms with E-state index >= 15 is 0 Å². The molecule has 5 nitrogen and oxygen atoms in total. The van der Waals surface area contributed by atoms with Crippen LogP contribution in [0.4, 0.5) is 0 Å². The zero-order chi connectivity index (χ0) is 11.0. The largest absolute Gasteiger partial charge is 0.356 e. The average molecular weight is 201 g/mol. The molecule has 0 radical (unpaired) electrons. The average Bonchev–Trinajstić information content (AvgIpc) is 2.02. The second-order valence-corrected chi connectivity index (χ2v) is 3.23. The van der Waals surface area contributed by atoms with Crippen molar-refractivity contribution >= 4 is 11.8 Å². The third-order valence-electron chi connectivity index (χ3n) is 1.56. The Morgan fingerprint density at radius 2 is 1.93 bits per heavy atom. The minimum Gasteiger partial charge on any atom is -0.356 e. The van der Waals surface area contributed by atoms with E-state index in [1.54, 1.807) is 6.92 Å². The molecule has 5 heteroatoms. The predicted molar refractivity (Wildman–Crippen MR) is 54.6 cm³/mol. The molecule has 0 aromatic carbocycles. The van der Waals surface area contributed by atoms with E-state index < -0.39 is 0 Å². The number of rotatable bonds is 6. The highest BCUT2D eigenvalue weighted by molar-refractivity contribution is 5.79. The van der Waals surface area contributed by atoms with Gasteiger partial charge in [0, 0.05) is 32.0 Å². The summed E-state index contributed by atoms with van der Waals surface area (Å²) >= 11 is 0. The molecule has 0 rings (SSSR count). The Kier molecular flexibility index (Phi) is 6.74. The Bertz CT molecular complexity index is 192. The van der Waals surface area contributed by atoms with Crippen molar-refractivity contribution in [1.82, 2.24) is 10.6 Å². The van der Waals surface area contributed by atoms with Crippen molar-refractivity contribution in [2.45, 2.75) is 32.7 Å². The lowest BCUT2D eigenvalue weighted by Crippen LogP contribution is -2.33. The number of nitrogens with two attached hydrogens (primary N) is 1. The van der Waals surface area contributed by atoms with Crippen molar-refractivity contribution < 1.29 is 9.59 Å². The third-order valence-corrected chi connectivity index (χ3v) is 1.56. The van der Waals surface area contributed by atoms with Crippen LogP contribution in [0.15, 0.2) is 0 Å². The van der Waals surface area contributed by atoms with E-state index in [4.69, 9.17) is 5.73 Å². The Morgan fingerprint density at radius 3 is 2.43 bits per heavy atom. The highest BCUT2D eigenvalue weighted by Crippen LogP contribution is 1.85. The topological polar surface area (TPSA) is 84.2 Å². The standard InChI is InChI=1S/C9H19N3O2/c1-3-11-8(13)4-5-12-9(14)6-7(2)10/h7H,3-6,10H2,1-2H3,(H,11,13)(H,12,14). The minimum absolute atomic E-state index is 0.0476. The van der Waals surface area contributed by atoms with Gasteiger partial charge in [0.2, 0.25) is 11.8 Å². The number of hydrogen-bond donors (Lipinski definition) is 3. The number of carbonyl (C=O) groups is 2. The lowest BCUT2D eigenvalue weighted by molar-refractivity contribution is -0.122. The van der Waals surface area contributed by atoms with Crippen LogP contribution < -0.4 is 16.4 Å². The summed E-state index contributed by atoms with van der Waals surface area (Å²) in [7, 11) is 0. The summed E-state index contributed by atoms with van der Waals surface area (Å²) in [4.78, 5) is 22.0. The molecule has 0 saturated carbocycles. The number of carbonyl (C=O) groups excluding carboxylic acids is 2. The van der Waals surface area contributed by atoms with Crippen molar-refractivity contribution in [2.24, 2.45) is 5.73 Å². The minimum atomic E-state index is -0.139. The van der Waals surface area contributed by atoms with Crippen molar-refractivity contribution in [1.29, 1.82) is 0 Å². The van der Waals surface area contributed by atoms with Gasteiger partial charge in [0.25, 0.3) is 0 Å². The highest BCUT2D eigenvalue weighted by atomic mass is 16.2. The van der Waals surface area contributed by atoms with Gasteiger partial charge in [-0.05, 0) is 13.8 Å². The maximum absolute atomic E-state index is 11.1. The Hall–Kier alpha value is -1.10. The summed E-state index contributed by atoms with van der Waals surface area (Å²) in [6.45, 7) is 4.61. The molecule has 0 aliphatic rings. The van der Waals surface area contributed by atoms with Gasteiger partial charge in [0.15, 0.2) is 0 Å². The fourth-order valence-corrected chi connectivity index (χ4v) is 0.966. The molecule has 4 N–H and O–H groups in total. The maximum atomic E-state index is 11.1. The predicted octanol–water partition coefficient (Wildman–Crippen LogP) is -0.634. The second kappa shape index (κ2) is 7.32. The van der Waals surface area contributed by atoms with Crippen LogP contribution >= 0.6 is 0 Å². The van der Waals surface area contributed by atoms with Crippen LogP contribution in [0.1, 0.15) is 26.7 Å². The molecule has 14 heavy (non-hydrogen) atoms. The molecule has 2 amide bonds. The van der Waals surface area contributed by atoms with Gasteiger partial charge in [-0.1, -0.05) is 0 Å². The van der Waals surface area contributed by atoms with Crippen LogP contribution in [-0.2, 0) is 9.59 Å². The summed E-state index contributed by atoms with van der Waals surface area (Å²) < 4.78 is 0. The van der Waals surface area contributed by atoms with E-state index in [1.165, 1.54) is 0 Å². The van der Waals surface area contributed by atoms with Gasteiger partial charge >= 0.3 is 0 Å². The van der Waals surface area contributed by atoms with Crippen molar-refractivity contribution in [3.63, 3.8) is 0 Å². The number of hydrogen-bond acceptors (Lipinski definition) is 3. The van der Waals surface area contributed by atoms with E-state index in [0.717, 1.165) is 0 Å². The van der Waals surface area contributed by atoms with Crippen LogP contribution in [0.5, 0.6) is 0 Å². The number of nitrogens with one attached hydrogen (secondary N) is 2. The van der Waals surface area contributed by atoms with Gasteiger partial charge in [0.1, 0.15) is 0 Å². The monoisotopic (exact) mass is 201 g/mol. The molecule has 0 spiro atoms. The molecular formula is C9H19N3O2. The summed E-state index contributed by atoms with van der Waals surface area (Å²) in [6.07, 6.45) is 0.619. The molecule has 1 atom stereocenters. The first-order valence-corrected chi connectivity index (χ1v) is 4.85. The van der Waals surface area contributed by atoms with Gasteiger partial charge in [-0.25, -0.2) is 0 Å². The molecule has 0 aliphatic heterocycles. The van der Waals surface area contributed by atoms with Gasteiger partial charge < -0.3 is 16.4 Å². The Morgan fingerprint density at radius 1 is 1.29 bits per heavy atom. The Balaban J connectivity index is 3.44. The van der Waals surface area contributed by atoms with Crippen molar-refractivity contribution in [3.05, 3.63) is 0 Å². The van der Waals surface area contributed by atoms with Gasteiger partial charge in [-0.3, -0.25) is 9.59 Å². The van der Waals surface area contributed by atoms with E-state index in [-0.39, 0.29) is 17.9 Å². The van der Waals surface area contributed by atoms with Crippen LogP contribution in [0.25, 0.3) is 0 Å². The van der Waals surface area contributed by atoms with Crippen LogP contribution in [-0.4, -0.2) is 30.9 Å². The Labute approximate surface area is 84.4 Å². The first-order valence-electron chi connectivity index (χ1n) is 4.85. The molecular weight excluding hydrogens is 182 g/mol. The summed E-state index contributed by atoms with van der Waals surface area (Å²) in [6, 6.07) is -0.139. The lowest BCUT2D eigenvalue weighted by atomic mass is 10.2. The van der Waals surface area contributed by atoms with Crippen LogP contribution in [0.2, 0.25) is 0 Å². The fraction of sp³-hybridized carbons (Fsp3) is 0.778. The van der Waals surface area contributed by atoms with E-state index in [2.05, 4.69) is 10.6 Å². The van der Waals surface area contributed by atoms with Crippen LogP contribution in [0, 0.1) is 0 Å². The molecule has 0 aromatic rings. The lowest BCUT2D eigenvalue weighted by Gasteiger charge is -2.06. The molecule has 1 unspecified atom stereocenters. The summed E-state index contributed by atoms with van der Waals surface area (Å²) in [5.41, 5.74) is 5.43. The summed E-state index contributed by atoms with van der Waals surface area (Å²) in [5.74, 6) is -0.155. The quantitative estimate of drug-likeness (QED) is 0.535. The van der Waals surface area contributed by atoms with E-state index in [1.807, 2.05) is 6.92 Å². The van der Waals surface area contributed by atoms with E-state index in [9.17, 15) is 9.59 Å². The van der Waals surface area contributed by atoms with Gasteiger partial charge in [-0.2, -0.15) is 0 Å². The molecule has 82 valence electrons. The molecule has 0 aliphatic carbocycles. The zero-order valence-electron chi connectivity index (χ0n) is 8.80. The smallest absolute Gasteiger partial charge is 0.221 e. The molecule has 0 bridgehead atoms. The van der Waals surface area contributed by atoms with Gasteiger partial charge in [-0.15, -0.1) is 0 Å². The first kappa shape index (κ1) is 12.9. The highest BCUT2D eigenvalue weighted by Gasteiger charge is 2.05. The second-order valence-electron chi connectivity index (χ2n) is 3.23. The molecule has 0 saturated heterocycles. The SMILES string of the molecule is CCNC(=O)CCNC(=O)CC(C)N. The van der Waals surface area contributed by atoms with Gasteiger partial charge in [0.05, 0.1) is 0 Å². The molecule has 0 aromatic heterocycles. The normalized spacial score (nSPS) is 11.9. The number of amides is 2. The first-order chi connectivity index (χ1) is 6.56. The van der Waals surface area contributed by atoms with Crippen molar-refractivity contribution in [2.75, 3.05) is 13.1 Å². The van der Waals surface area contributed by atoms with Crippen LogP contribution in [0.3, 0.4) is 0 Å². The van der Waals surface area contributed by atoms with Crippen molar-refractivity contribution in [3.8, 4) is 0 Å². The van der Waals surface area contributed by atoms with E-state index in [0.29, 0.717) is 25.9 Å². The fourth-order valence-electron chi connectivity index (χ4n) is 0.966. The summed E-state index contributed by atoms with van der Waals surface area (Å²) in [5, 5.41) is 5.27. The maximum Gasteiger partial charge on any atom is 0.221 e. The molecule has 0 fully saturated rings.